The van der Waals surface area contributed by atoms with E-state index in [0.717, 1.165) is 119 Å². The van der Waals surface area contributed by atoms with Crippen molar-refractivity contribution < 1.29 is 56.1 Å². The maximum Gasteiger partial charge on any atom is 0.335 e. The number of nitriles is 3. The van der Waals surface area contributed by atoms with Gasteiger partial charge >= 0.3 is 7.60 Å². The van der Waals surface area contributed by atoms with Crippen LogP contribution in [0.3, 0.4) is 0 Å². The number of ether oxygens (including phenoxy) is 8. The molecule has 0 saturated carbocycles. The van der Waals surface area contributed by atoms with Crippen molar-refractivity contribution in [1.29, 1.82) is 15.8 Å². The van der Waals surface area contributed by atoms with Crippen LogP contribution in [0.5, 0.6) is 34.5 Å². The average Bonchev–Trinajstić information content (AvgIpc) is 0.747. The van der Waals surface area contributed by atoms with Gasteiger partial charge in [-0.1, -0.05) is 115 Å². The Morgan fingerprint density at radius 1 is 0.375 bits per heavy atom. The smallest absolute Gasteiger partial charge is 0.335 e. The fraction of sp³-hybridized carbons (Fsp3) is 0.172. The topological polar surface area (TPSA) is 212 Å². The van der Waals surface area contributed by atoms with Crippen LogP contribution in [0.25, 0.3) is 50.7 Å². The Morgan fingerprint density at radius 2 is 0.675 bits per heavy atom. The molecular weight excluding hydrogens is 1540 g/mol. The number of fused-ring (bicyclic) bond motifs is 2. The minimum Gasteiger partial charge on any atom is -0.497 e. The molecule has 13 aromatic carbocycles. The van der Waals surface area contributed by atoms with Crippen LogP contribution in [0.1, 0.15) is 83.3 Å². The van der Waals surface area contributed by atoms with Gasteiger partial charge in [-0.25, -0.2) is 4.85 Å². The molecule has 0 spiro atoms. The van der Waals surface area contributed by atoms with Gasteiger partial charge in [0.2, 0.25) is 14.1 Å². The second-order valence-corrected chi connectivity index (χ2v) is 29.6. The summed E-state index contributed by atoms with van der Waals surface area (Å²) in [6.45, 7) is 18.0. The van der Waals surface area contributed by atoms with Crippen LogP contribution in [-0.4, -0.2) is 69.1 Å². The molecule has 21 heteroatoms. The van der Waals surface area contributed by atoms with Gasteiger partial charge in [-0.05, 0) is 255 Å². The first-order valence-electron chi connectivity index (χ1n) is 38.7. The summed E-state index contributed by atoms with van der Waals surface area (Å²) in [7, 11) is 6.10. The summed E-state index contributed by atoms with van der Waals surface area (Å²) in [5.74, 6) is 4.82. The third-order valence-corrected chi connectivity index (χ3v) is 22.4. The van der Waals surface area contributed by atoms with Crippen molar-refractivity contribution in [3.8, 4) is 52.7 Å². The van der Waals surface area contributed by atoms with Crippen molar-refractivity contribution in [2.24, 2.45) is 0 Å². The maximum atomic E-state index is 13.0. The van der Waals surface area contributed by atoms with Crippen LogP contribution in [0, 0.1) is 47.5 Å². The minimum atomic E-state index is -3.44. The van der Waals surface area contributed by atoms with Crippen molar-refractivity contribution in [1.82, 2.24) is 0 Å². The van der Waals surface area contributed by atoms with Gasteiger partial charge < -0.3 is 61.6 Å². The molecule has 0 bridgehead atoms. The van der Waals surface area contributed by atoms with E-state index in [9.17, 15) is 24.9 Å². The minimum absolute atomic E-state index is 0.0713. The molecule has 19 nitrogen and oxygen atoms in total. The van der Waals surface area contributed by atoms with Gasteiger partial charge in [0.1, 0.15) is 52.7 Å². The Kier molecular flexibility index (Phi) is 30.4. The van der Waals surface area contributed by atoms with Crippen molar-refractivity contribution in [2.75, 3.05) is 83.8 Å². The number of anilines is 9. The summed E-state index contributed by atoms with van der Waals surface area (Å²) >= 11 is 0. The van der Waals surface area contributed by atoms with E-state index in [2.05, 4.69) is 142 Å². The fourth-order valence-corrected chi connectivity index (χ4v) is 16.1. The normalized spacial score (nSPS) is 11.1. The van der Waals surface area contributed by atoms with Crippen molar-refractivity contribution in [3.63, 3.8) is 0 Å². The van der Waals surface area contributed by atoms with Gasteiger partial charge in [0.05, 0.1) is 85.3 Å². The second kappa shape index (κ2) is 41.8. The van der Waals surface area contributed by atoms with Crippen LogP contribution < -0.4 is 43.1 Å². The molecule has 0 fully saturated rings. The Hall–Kier alpha value is -13.8. The van der Waals surface area contributed by atoms with Crippen LogP contribution in [0.4, 0.5) is 56.9 Å². The molecule has 0 radical (unpaired) electrons. The molecule has 13 aromatic rings. The molecule has 0 atom stereocenters. The Bertz CT molecular complexity index is 5580. The van der Waals surface area contributed by atoms with Crippen LogP contribution in [0.15, 0.2) is 267 Å². The number of nitrogens with zero attached hydrogens (tertiary/aromatic N) is 7. The highest BCUT2D eigenvalue weighted by Crippen LogP contribution is 2.53. The Balaban J connectivity index is 0.000000207. The highest BCUT2D eigenvalue weighted by atomic mass is 31.2. The van der Waals surface area contributed by atoms with E-state index in [-0.39, 0.29) is 43.7 Å². The van der Waals surface area contributed by atoms with Gasteiger partial charge in [0.25, 0.3) is 5.53 Å². The largest absolute Gasteiger partial charge is 0.497 e. The molecule has 0 aliphatic heterocycles. The fourth-order valence-electron chi connectivity index (χ4n) is 13.7. The van der Waals surface area contributed by atoms with Crippen molar-refractivity contribution in [3.05, 3.63) is 334 Å². The zero-order valence-electron chi connectivity index (χ0n) is 68.7. The number of hydrogen-bond acceptors (Lipinski definition) is 18. The molecule has 0 amide bonds. The lowest BCUT2D eigenvalue weighted by molar-refractivity contribution is -0.176. The van der Waals surface area contributed by atoms with Crippen molar-refractivity contribution in [2.45, 2.75) is 46.3 Å². The SMILES string of the molecule is CCOC(OCC)(P=O)c1ccc2c(C#N)c(CP(=O)(OCC)OCC)ccc2c1C#N.COc1ccc(N(c2ccc(C)cc2)c2ccc(OC)cc2)cc1.[C-]#[N+]c1c(C=Cc2ccc(N(c3ccc(OC)cc3)c3ccc(OC)cc3)cc2)ccc2c(C#N)c(C=Cc3ccc(N(c4ccc(OC)cc4)c4ccc(OC)cc4)cc3)ccc12. The predicted molar refractivity (Wildman–Crippen MR) is 481 cm³/mol. The third kappa shape index (κ3) is 20.6. The number of hydrogen-bond donors (Lipinski definition) is 0. The molecule has 0 unspecified atom stereocenters. The van der Waals surface area contributed by atoms with Gasteiger partial charge in [-0.2, -0.15) is 15.8 Å². The summed E-state index contributed by atoms with van der Waals surface area (Å²) in [4.78, 5) is 10.5. The quantitative estimate of drug-likeness (QED) is 0.0171. The lowest BCUT2D eigenvalue weighted by Crippen LogP contribution is -2.28. The number of rotatable bonds is 31. The zero-order chi connectivity index (χ0) is 85.1. The highest BCUT2D eigenvalue weighted by molar-refractivity contribution is 7.53. The highest BCUT2D eigenvalue weighted by Gasteiger charge is 2.39. The maximum absolute atomic E-state index is 13.0. The summed E-state index contributed by atoms with van der Waals surface area (Å²) < 4.78 is 79.3. The number of benzene rings is 13. The lowest BCUT2D eigenvalue weighted by Gasteiger charge is -2.28. The molecule has 13 rings (SSSR count). The summed E-state index contributed by atoms with van der Waals surface area (Å²) in [5, 5.41) is 32.7. The van der Waals surface area contributed by atoms with E-state index in [4.69, 9.17) is 53.5 Å². The van der Waals surface area contributed by atoms with Crippen molar-refractivity contribution >= 4 is 119 Å². The van der Waals surface area contributed by atoms with E-state index < -0.39 is 21.6 Å². The summed E-state index contributed by atoms with van der Waals surface area (Å²) in [5.41, 5.74) is 14.5. The molecular formula is C99H91N7O12P2. The molecule has 0 aliphatic rings. The summed E-state index contributed by atoms with van der Waals surface area (Å²) in [6.07, 6.45) is 7.85. The predicted octanol–water partition coefficient (Wildman–Crippen LogP) is 25.9. The molecule has 0 heterocycles. The van der Waals surface area contributed by atoms with E-state index in [1.54, 1.807) is 94.6 Å². The number of aryl methyl sites for hydroxylation is 1. The van der Waals surface area contributed by atoms with E-state index >= 15 is 0 Å². The first-order chi connectivity index (χ1) is 58.5. The van der Waals surface area contributed by atoms with Gasteiger partial charge in [0.15, 0.2) is 0 Å². The Morgan fingerprint density at radius 3 is 1.00 bits per heavy atom. The van der Waals surface area contributed by atoms with E-state index in [1.165, 1.54) is 5.56 Å². The van der Waals surface area contributed by atoms with Crippen LogP contribution in [-0.2, 0) is 39.3 Å². The zero-order valence-corrected chi connectivity index (χ0v) is 70.5. The first-order valence-corrected chi connectivity index (χ1v) is 41.2. The second-order valence-electron chi connectivity index (χ2n) is 26.8. The van der Waals surface area contributed by atoms with Crippen LogP contribution in [0.2, 0.25) is 0 Å². The number of methoxy groups -OCH3 is 6. The molecule has 120 heavy (non-hydrogen) atoms. The first kappa shape index (κ1) is 87.0. The third-order valence-electron chi connectivity index (χ3n) is 19.6. The molecule has 0 aliphatic carbocycles. The van der Waals surface area contributed by atoms with E-state index in [1.807, 2.05) is 170 Å². The van der Waals surface area contributed by atoms with Gasteiger partial charge in [-0.3, -0.25) is 9.13 Å². The summed E-state index contributed by atoms with van der Waals surface area (Å²) in [6, 6.07) is 93.9. The molecule has 0 aromatic heterocycles. The standard InChI is InChI=1S/C56H44N4O4.C22H26N2O6P2.C21H21NO2/c1-58-56-42(13-7-40-10-18-44(19-11-40)60(47-24-32-51(63-4)33-25-47)48-26-34-52(64-5)35-27-48)15-36-53-54(56)37-14-41(55(53)38-57)12-6-39-8-16-43(17-9-39)59(45-20-28-49(61-2)29-21-45)46-22-30-50(62-3)31-23-46;1-5-27-22(31-25,28-6-2)21-12-11-17-18(20(21)14-24)10-9-16(19(17)13-23)15-32(26,29-7-3)30-8-4;1-16-4-6-17(7-5-16)22(18-8-12-20(23-2)13-9-18)19-10-14-21(24-3)15-11-19/h6-37H,2-5H3;9-12H,5-8,15H2,1-4H3;4-15H,1-3H3. The molecule has 0 N–H and O–H groups in total. The van der Waals surface area contributed by atoms with E-state index in [0.29, 0.717) is 33.2 Å². The molecule has 604 valence electrons. The Labute approximate surface area is 703 Å². The molecule has 0 saturated heterocycles. The van der Waals surface area contributed by atoms with Crippen LogP contribution >= 0.6 is 16.1 Å². The van der Waals surface area contributed by atoms with Gasteiger partial charge in [-0.15, -0.1) is 0 Å². The average molecular weight is 1630 g/mol. The van der Waals surface area contributed by atoms with Gasteiger partial charge in [0, 0.05) is 80.7 Å². The monoisotopic (exact) mass is 1630 g/mol. The lowest BCUT2D eigenvalue weighted by atomic mass is 9.94.